The van der Waals surface area contributed by atoms with Crippen molar-refractivity contribution in [1.82, 2.24) is 14.9 Å². The van der Waals surface area contributed by atoms with Gasteiger partial charge in [-0.15, -0.1) is 0 Å². The molecule has 1 amide bonds. The predicted molar refractivity (Wildman–Crippen MR) is 128 cm³/mol. The number of hydrogen-bond acceptors (Lipinski definition) is 4. The lowest BCUT2D eigenvalue weighted by Crippen LogP contribution is -2.49. The van der Waals surface area contributed by atoms with Gasteiger partial charge in [-0.2, -0.15) is 0 Å². The number of anilines is 1. The molecule has 0 N–H and O–H groups in total. The maximum absolute atomic E-state index is 12.5. The van der Waals surface area contributed by atoms with Gasteiger partial charge in [0.2, 0.25) is 5.91 Å². The molecule has 1 aromatic carbocycles. The number of rotatable bonds is 7. The van der Waals surface area contributed by atoms with E-state index in [-0.39, 0.29) is 5.91 Å². The van der Waals surface area contributed by atoms with Crippen molar-refractivity contribution in [2.75, 3.05) is 31.1 Å². The summed E-state index contributed by atoms with van der Waals surface area (Å²) in [5.41, 5.74) is 4.83. The zero-order valence-electron chi connectivity index (χ0n) is 20.1. The summed E-state index contributed by atoms with van der Waals surface area (Å²) in [5.74, 6) is 2.99. The first-order chi connectivity index (χ1) is 14.8. The standard InChI is InChI=1S/C26H38N4O/c1-7-20(5)25-27-21(6)23(17-22-10-8-9-19(4)16-22)26(28-25)30-13-11-29(12-14-30)24(31)15-18(2)3/h8-10,16,18,20H,7,11-15,17H2,1-6H3/t20-/m0/s1. The number of aryl methyl sites for hydroxylation is 2. The average molecular weight is 423 g/mol. The van der Waals surface area contributed by atoms with Crippen LogP contribution in [0.25, 0.3) is 0 Å². The fourth-order valence-electron chi connectivity index (χ4n) is 4.15. The van der Waals surface area contributed by atoms with Gasteiger partial charge >= 0.3 is 0 Å². The van der Waals surface area contributed by atoms with Crippen molar-refractivity contribution in [3.8, 4) is 0 Å². The first kappa shape index (κ1) is 23.2. The molecule has 0 aliphatic carbocycles. The Morgan fingerprint density at radius 1 is 1.06 bits per heavy atom. The van der Waals surface area contributed by atoms with Gasteiger partial charge in [-0.1, -0.05) is 57.5 Å². The summed E-state index contributed by atoms with van der Waals surface area (Å²) in [6.07, 6.45) is 2.48. The number of hydrogen-bond donors (Lipinski definition) is 0. The lowest BCUT2D eigenvalue weighted by Gasteiger charge is -2.37. The van der Waals surface area contributed by atoms with Crippen LogP contribution in [0.15, 0.2) is 24.3 Å². The minimum atomic E-state index is 0.272. The number of carbonyl (C=O) groups is 1. The Balaban J connectivity index is 1.88. The number of benzene rings is 1. The van der Waals surface area contributed by atoms with Crippen LogP contribution in [-0.4, -0.2) is 47.0 Å². The highest BCUT2D eigenvalue weighted by molar-refractivity contribution is 5.76. The maximum Gasteiger partial charge on any atom is 0.222 e. The van der Waals surface area contributed by atoms with Crippen LogP contribution in [0.2, 0.25) is 0 Å². The minimum absolute atomic E-state index is 0.272. The second-order valence-electron chi connectivity index (χ2n) is 9.41. The van der Waals surface area contributed by atoms with Crippen molar-refractivity contribution >= 4 is 11.7 Å². The molecule has 2 heterocycles. The third-order valence-electron chi connectivity index (χ3n) is 6.24. The van der Waals surface area contributed by atoms with E-state index in [0.717, 1.165) is 56.4 Å². The molecule has 0 bridgehead atoms. The van der Waals surface area contributed by atoms with Gasteiger partial charge in [-0.3, -0.25) is 4.79 Å². The van der Waals surface area contributed by atoms with Crippen LogP contribution in [-0.2, 0) is 11.2 Å². The Hall–Kier alpha value is -2.43. The molecular weight excluding hydrogens is 384 g/mol. The molecule has 168 valence electrons. The van der Waals surface area contributed by atoms with Gasteiger partial charge in [0.15, 0.2) is 0 Å². The van der Waals surface area contributed by atoms with E-state index in [9.17, 15) is 4.79 Å². The van der Waals surface area contributed by atoms with Crippen LogP contribution in [0, 0.1) is 19.8 Å². The Kier molecular flexibility index (Phi) is 7.69. The quantitative estimate of drug-likeness (QED) is 0.637. The van der Waals surface area contributed by atoms with Gasteiger partial charge in [0.05, 0.1) is 0 Å². The first-order valence-corrected chi connectivity index (χ1v) is 11.7. The van der Waals surface area contributed by atoms with Gasteiger partial charge in [-0.05, 0) is 31.7 Å². The largest absolute Gasteiger partial charge is 0.353 e. The smallest absolute Gasteiger partial charge is 0.222 e. The first-order valence-electron chi connectivity index (χ1n) is 11.7. The summed E-state index contributed by atoms with van der Waals surface area (Å²) in [4.78, 5) is 26.9. The molecule has 1 saturated heterocycles. The van der Waals surface area contributed by atoms with E-state index in [1.807, 2.05) is 4.90 Å². The fraction of sp³-hybridized carbons (Fsp3) is 0.577. The summed E-state index contributed by atoms with van der Waals surface area (Å²) in [7, 11) is 0. The second kappa shape index (κ2) is 10.3. The van der Waals surface area contributed by atoms with Crippen LogP contribution in [0.4, 0.5) is 5.82 Å². The third kappa shape index (κ3) is 5.84. The average Bonchev–Trinajstić information content (AvgIpc) is 2.74. The molecule has 3 rings (SSSR count). The van der Waals surface area contributed by atoms with Crippen molar-refractivity contribution in [2.45, 2.75) is 66.7 Å². The van der Waals surface area contributed by atoms with Crippen LogP contribution in [0.5, 0.6) is 0 Å². The molecular formula is C26H38N4O. The van der Waals surface area contributed by atoms with E-state index in [1.54, 1.807) is 0 Å². The summed E-state index contributed by atoms with van der Waals surface area (Å²) >= 11 is 0. The van der Waals surface area contributed by atoms with E-state index >= 15 is 0 Å². The normalized spacial score (nSPS) is 15.5. The third-order valence-corrected chi connectivity index (χ3v) is 6.24. The molecule has 0 radical (unpaired) electrons. The molecule has 5 nitrogen and oxygen atoms in total. The summed E-state index contributed by atoms with van der Waals surface area (Å²) in [5, 5.41) is 0. The summed E-state index contributed by atoms with van der Waals surface area (Å²) in [6.45, 7) is 16.0. The van der Waals surface area contributed by atoms with Gasteiger partial charge in [-0.25, -0.2) is 9.97 Å². The number of carbonyl (C=O) groups excluding carboxylic acids is 1. The summed E-state index contributed by atoms with van der Waals surface area (Å²) < 4.78 is 0. The molecule has 0 saturated carbocycles. The summed E-state index contributed by atoms with van der Waals surface area (Å²) in [6, 6.07) is 8.68. The monoisotopic (exact) mass is 422 g/mol. The maximum atomic E-state index is 12.5. The lowest BCUT2D eigenvalue weighted by atomic mass is 10.0. The van der Waals surface area contributed by atoms with Crippen LogP contribution >= 0.6 is 0 Å². The van der Waals surface area contributed by atoms with Crippen molar-refractivity contribution in [3.63, 3.8) is 0 Å². The van der Waals surface area contributed by atoms with Crippen molar-refractivity contribution in [3.05, 3.63) is 52.5 Å². The molecule has 1 aliphatic rings. The molecule has 31 heavy (non-hydrogen) atoms. The lowest BCUT2D eigenvalue weighted by molar-refractivity contribution is -0.132. The van der Waals surface area contributed by atoms with E-state index in [0.29, 0.717) is 18.3 Å². The van der Waals surface area contributed by atoms with Crippen molar-refractivity contribution < 1.29 is 4.79 Å². The molecule has 0 spiro atoms. The number of amides is 1. The van der Waals surface area contributed by atoms with Gasteiger partial charge in [0.25, 0.3) is 0 Å². The topological polar surface area (TPSA) is 49.3 Å². The fourth-order valence-corrected chi connectivity index (χ4v) is 4.15. The van der Waals surface area contributed by atoms with Crippen LogP contribution in [0.1, 0.15) is 74.7 Å². The molecule has 1 aliphatic heterocycles. The number of nitrogens with zero attached hydrogens (tertiary/aromatic N) is 4. The zero-order chi connectivity index (χ0) is 22.5. The van der Waals surface area contributed by atoms with Crippen molar-refractivity contribution in [1.29, 1.82) is 0 Å². The SMILES string of the molecule is CC[C@H](C)c1nc(C)c(Cc2cccc(C)c2)c(N2CCN(C(=O)CC(C)C)CC2)n1. The van der Waals surface area contributed by atoms with Crippen LogP contribution < -0.4 is 4.90 Å². The van der Waals surface area contributed by atoms with Crippen LogP contribution in [0.3, 0.4) is 0 Å². The zero-order valence-corrected chi connectivity index (χ0v) is 20.1. The molecule has 1 atom stereocenters. The minimum Gasteiger partial charge on any atom is -0.353 e. The van der Waals surface area contributed by atoms with Gasteiger partial charge in [0.1, 0.15) is 11.6 Å². The molecule has 1 aromatic heterocycles. The molecule has 0 unspecified atom stereocenters. The highest BCUT2D eigenvalue weighted by atomic mass is 16.2. The molecule has 2 aromatic rings. The Morgan fingerprint density at radius 2 is 1.77 bits per heavy atom. The van der Waals surface area contributed by atoms with E-state index < -0.39 is 0 Å². The predicted octanol–water partition coefficient (Wildman–Crippen LogP) is 4.89. The van der Waals surface area contributed by atoms with Crippen molar-refractivity contribution in [2.24, 2.45) is 5.92 Å². The number of piperazine rings is 1. The molecule has 5 heteroatoms. The van der Waals surface area contributed by atoms with E-state index in [4.69, 9.17) is 9.97 Å². The number of aromatic nitrogens is 2. The van der Waals surface area contributed by atoms with E-state index in [1.165, 1.54) is 16.7 Å². The molecule has 1 fully saturated rings. The Bertz CT molecular complexity index is 900. The second-order valence-corrected chi connectivity index (χ2v) is 9.41. The van der Waals surface area contributed by atoms with E-state index in [2.05, 4.69) is 70.7 Å². The highest BCUT2D eigenvalue weighted by Crippen LogP contribution is 2.28. The Morgan fingerprint density at radius 3 is 2.39 bits per heavy atom. The van der Waals surface area contributed by atoms with Gasteiger partial charge in [0, 0.05) is 56.2 Å². The highest BCUT2D eigenvalue weighted by Gasteiger charge is 2.26. The Labute approximate surface area is 187 Å². The van der Waals surface area contributed by atoms with Gasteiger partial charge < -0.3 is 9.80 Å².